The van der Waals surface area contributed by atoms with Gasteiger partial charge in [0, 0.05) is 24.9 Å². The van der Waals surface area contributed by atoms with Crippen LogP contribution in [-0.2, 0) is 11.2 Å². The molecular formula is C10H19N5O. The molecule has 0 aliphatic carbocycles. The first-order valence-electron chi connectivity index (χ1n) is 5.37. The number of carbonyl (C=O) groups excluding carboxylic acids is 1. The van der Waals surface area contributed by atoms with Gasteiger partial charge in [-0.05, 0) is 20.3 Å². The molecule has 1 rings (SSSR count). The molecule has 0 aliphatic rings. The quantitative estimate of drug-likeness (QED) is 0.593. The number of nitrogens with two attached hydrogens (primary N) is 1. The van der Waals surface area contributed by atoms with Gasteiger partial charge in [0.25, 0.3) is 0 Å². The summed E-state index contributed by atoms with van der Waals surface area (Å²) in [6.07, 6.45) is 3.44. The van der Waals surface area contributed by atoms with E-state index in [0.717, 1.165) is 18.7 Å². The molecule has 1 aromatic rings. The molecule has 0 aliphatic heterocycles. The van der Waals surface area contributed by atoms with Crippen molar-refractivity contribution < 1.29 is 4.79 Å². The number of aryl methyl sites for hydroxylation is 1. The Morgan fingerprint density at radius 2 is 2.38 bits per heavy atom. The molecule has 1 aromatic heterocycles. The van der Waals surface area contributed by atoms with Gasteiger partial charge in [-0.15, -0.1) is 0 Å². The average Bonchev–Trinajstić information content (AvgIpc) is 2.62. The third-order valence-electron chi connectivity index (χ3n) is 1.99. The second kappa shape index (κ2) is 5.60. The van der Waals surface area contributed by atoms with Gasteiger partial charge in [-0.1, -0.05) is 0 Å². The van der Waals surface area contributed by atoms with E-state index in [1.54, 1.807) is 0 Å². The van der Waals surface area contributed by atoms with Gasteiger partial charge in [-0.2, -0.15) is 5.10 Å². The number of hydrogen-bond donors (Lipinski definition) is 3. The van der Waals surface area contributed by atoms with Gasteiger partial charge < -0.3 is 11.1 Å². The highest BCUT2D eigenvalue weighted by Crippen LogP contribution is 2.02. The van der Waals surface area contributed by atoms with E-state index in [2.05, 4.69) is 20.5 Å². The lowest BCUT2D eigenvalue weighted by molar-refractivity contribution is -0.122. The van der Waals surface area contributed by atoms with Crippen molar-refractivity contribution in [2.75, 3.05) is 6.54 Å². The molecule has 0 atom stereocenters. The average molecular weight is 225 g/mol. The van der Waals surface area contributed by atoms with Crippen molar-refractivity contribution in [3.8, 4) is 0 Å². The number of H-pyrrole nitrogens is 1. The Labute approximate surface area is 95.0 Å². The zero-order valence-corrected chi connectivity index (χ0v) is 9.79. The number of aromatic amines is 1. The second-order valence-corrected chi connectivity index (χ2v) is 4.55. The molecule has 0 aromatic carbocycles. The number of carbonyl (C=O) groups is 1. The molecule has 0 saturated heterocycles. The Balaban J connectivity index is 2.09. The number of hydrogen-bond acceptors (Lipinski definition) is 4. The van der Waals surface area contributed by atoms with Crippen molar-refractivity contribution in [2.45, 2.75) is 38.6 Å². The summed E-state index contributed by atoms with van der Waals surface area (Å²) in [5.74, 6) is 0.832. The van der Waals surface area contributed by atoms with Crippen LogP contribution in [0.2, 0.25) is 0 Å². The highest BCUT2D eigenvalue weighted by Gasteiger charge is 2.15. The molecule has 6 nitrogen and oxygen atoms in total. The van der Waals surface area contributed by atoms with Crippen molar-refractivity contribution in [1.82, 2.24) is 20.5 Å². The van der Waals surface area contributed by atoms with E-state index in [4.69, 9.17) is 5.73 Å². The number of nitrogens with one attached hydrogen (secondary N) is 2. The van der Waals surface area contributed by atoms with E-state index in [-0.39, 0.29) is 5.91 Å². The Kier molecular flexibility index (Phi) is 4.42. The fourth-order valence-electron chi connectivity index (χ4n) is 1.31. The maximum absolute atomic E-state index is 11.4. The van der Waals surface area contributed by atoms with E-state index in [0.29, 0.717) is 13.0 Å². The van der Waals surface area contributed by atoms with Gasteiger partial charge in [0.2, 0.25) is 5.91 Å². The van der Waals surface area contributed by atoms with Crippen LogP contribution in [0, 0.1) is 0 Å². The molecule has 6 heteroatoms. The SMILES string of the molecule is CC(C)(N)CC(=O)NCCCc1ncn[nH]1. The number of nitrogens with zero attached hydrogens (tertiary/aromatic N) is 2. The minimum Gasteiger partial charge on any atom is -0.356 e. The van der Waals surface area contributed by atoms with Crippen LogP contribution in [0.3, 0.4) is 0 Å². The smallest absolute Gasteiger partial charge is 0.221 e. The lowest BCUT2D eigenvalue weighted by Gasteiger charge is -2.17. The van der Waals surface area contributed by atoms with Crippen LogP contribution in [0.15, 0.2) is 6.33 Å². The number of amides is 1. The molecule has 0 bridgehead atoms. The normalized spacial score (nSPS) is 11.4. The lowest BCUT2D eigenvalue weighted by Crippen LogP contribution is -2.39. The summed E-state index contributed by atoms with van der Waals surface area (Å²) < 4.78 is 0. The van der Waals surface area contributed by atoms with Crippen molar-refractivity contribution >= 4 is 5.91 Å². The number of aromatic nitrogens is 3. The summed E-state index contributed by atoms with van der Waals surface area (Å²) in [4.78, 5) is 15.4. The van der Waals surface area contributed by atoms with Gasteiger partial charge >= 0.3 is 0 Å². The predicted molar refractivity (Wildman–Crippen MR) is 60.6 cm³/mol. The molecule has 0 fully saturated rings. The first-order valence-corrected chi connectivity index (χ1v) is 5.37. The lowest BCUT2D eigenvalue weighted by atomic mass is 10.0. The molecule has 1 amide bonds. The predicted octanol–water partition coefficient (Wildman–Crippen LogP) is -0.0191. The van der Waals surface area contributed by atoms with E-state index >= 15 is 0 Å². The molecule has 0 saturated carbocycles. The van der Waals surface area contributed by atoms with Crippen LogP contribution in [0.1, 0.15) is 32.5 Å². The van der Waals surface area contributed by atoms with Gasteiger partial charge in [0.05, 0.1) is 0 Å². The van der Waals surface area contributed by atoms with Crippen molar-refractivity contribution in [3.63, 3.8) is 0 Å². The summed E-state index contributed by atoms with van der Waals surface area (Å²) >= 11 is 0. The molecule has 0 radical (unpaired) electrons. The summed E-state index contributed by atoms with van der Waals surface area (Å²) in [6.45, 7) is 4.30. The Morgan fingerprint density at radius 1 is 1.62 bits per heavy atom. The van der Waals surface area contributed by atoms with Gasteiger partial charge in [0.1, 0.15) is 12.2 Å². The van der Waals surface area contributed by atoms with Crippen LogP contribution in [0.4, 0.5) is 0 Å². The molecule has 0 unspecified atom stereocenters. The zero-order valence-electron chi connectivity index (χ0n) is 9.79. The molecule has 0 spiro atoms. The topological polar surface area (TPSA) is 96.7 Å². The van der Waals surface area contributed by atoms with Crippen LogP contribution < -0.4 is 11.1 Å². The van der Waals surface area contributed by atoms with E-state index < -0.39 is 5.54 Å². The highest BCUT2D eigenvalue weighted by molar-refractivity contribution is 5.76. The van der Waals surface area contributed by atoms with E-state index in [1.165, 1.54) is 6.33 Å². The summed E-state index contributed by atoms with van der Waals surface area (Å²) in [6, 6.07) is 0. The first-order chi connectivity index (χ1) is 7.47. The Hall–Kier alpha value is -1.43. The molecule has 90 valence electrons. The molecule has 4 N–H and O–H groups in total. The van der Waals surface area contributed by atoms with E-state index in [1.807, 2.05) is 13.8 Å². The van der Waals surface area contributed by atoms with Crippen LogP contribution >= 0.6 is 0 Å². The maximum Gasteiger partial charge on any atom is 0.221 e. The fourth-order valence-corrected chi connectivity index (χ4v) is 1.31. The first kappa shape index (κ1) is 12.6. The molecule has 16 heavy (non-hydrogen) atoms. The minimum atomic E-state index is -0.449. The third kappa shape index (κ3) is 5.45. The van der Waals surface area contributed by atoms with Gasteiger partial charge in [-0.25, -0.2) is 4.98 Å². The molecular weight excluding hydrogens is 206 g/mol. The Morgan fingerprint density at radius 3 is 2.94 bits per heavy atom. The second-order valence-electron chi connectivity index (χ2n) is 4.55. The van der Waals surface area contributed by atoms with Crippen molar-refractivity contribution in [1.29, 1.82) is 0 Å². The van der Waals surface area contributed by atoms with Crippen molar-refractivity contribution in [3.05, 3.63) is 12.2 Å². The zero-order chi connectivity index (χ0) is 12.0. The monoisotopic (exact) mass is 225 g/mol. The third-order valence-corrected chi connectivity index (χ3v) is 1.99. The fraction of sp³-hybridized carbons (Fsp3) is 0.700. The Bertz CT molecular complexity index is 314. The summed E-state index contributed by atoms with van der Waals surface area (Å²) in [7, 11) is 0. The summed E-state index contributed by atoms with van der Waals surface area (Å²) in [5.41, 5.74) is 5.28. The summed E-state index contributed by atoms with van der Waals surface area (Å²) in [5, 5.41) is 9.33. The minimum absolute atomic E-state index is 0.00919. The van der Waals surface area contributed by atoms with E-state index in [9.17, 15) is 4.79 Å². The molecule has 1 heterocycles. The largest absolute Gasteiger partial charge is 0.356 e. The number of rotatable bonds is 6. The highest BCUT2D eigenvalue weighted by atomic mass is 16.1. The maximum atomic E-state index is 11.4. The van der Waals surface area contributed by atoms with Gasteiger partial charge in [-0.3, -0.25) is 9.89 Å². The van der Waals surface area contributed by atoms with Crippen molar-refractivity contribution in [2.24, 2.45) is 5.73 Å². The van der Waals surface area contributed by atoms with Crippen LogP contribution in [-0.4, -0.2) is 33.2 Å². The van der Waals surface area contributed by atoms with Crippen LogP contribution in [0.5, 0.6) is 0 Å². The van der Waals surface area contributed by atoms with Crippen LogP contribution in [0.25, 0.3) is 0 Å². The standard InChI is InChI=1S/C10H19N5O/c1-10(2,11)6-9(16)12-5-3-4-8-13-7-14-15-8/h7H,3-6,11H2,1-2H3,(H,12,16)(H,13,14,15). The van der Waals surface area contributed by atoms with Gasteiger partial charge in [0.15, 0.2) is 0 Å².